The molecule has 3 heteroatoms. The third kappa shape index (κ3) is 3.08. The van der Waals surface area contributed by atoms with Crippen LogP contribution in [0.1, 0.15) is 31.4 Å². The van der Waals surface area contributed by atoms with Gasteiger partial charge in [0.15, 0.2) is 0 Å². The van der Waals surface area contributed by atoms with Gasteiger partial charge in [0.2, 0.25) is 5.91 Å². The number of carbonyl (C=O) groups excluding carboxylic acids is 1. The van der Waals surface area contributed by atoms with E-state index in [4.69, 9.17) is 0 Å². The van der Waals surface area contributed by atoms with Gasteiger partial charge in [-0.15, -0.1) is 0 Å². The molecule has 1 aromatic carbocycles. The molecule has 2 rings (SSSR count). The molecule has 1 aliphatic rings. The molecule has 0 radical (unpaired) electrons. The lowest BCUT2D eigenvalue weighted by molar-refractivity contribution is -0.118. The molecule has 2 nitrogen and oxygen atoms in total. The maximum Gasteiger partial charge on any atom is 0.227 e. The molecule has 0 aliphatic carbocycles. The lowest BCUT2D eigenvalue weighted by Gasteiger charge is -2.17. The fourth-order valence-electron chi connectivity index (χ4n) is 2.31. The van der Waals surface area contributed by atoms with Crippen molar-refractivity contribution in [3.05, 3.63) is 29.3 Å². The van der Waals surface area contributed by atoms with E-state index in [1.54, 1.807) is 0 Å². The van der Waals surface area contributed by atoms with E-state index in [1.165, 1.54) is 11.1 Å². The summed E-state index contributed by atoms with van der Waals surface area (Å²) in [6.07, 6.45) is 1.65. The molecule has 18 heavy (non-hydrogen) atoms. The second-order valence-corrected chi connectivity index (χ2v) is 6.78. The highest BCUT2D eigenvalue weighted by atomic mass is 32.2. The minimum absolute atomic E-state index is 0.269. The number of rotatable bonds is 4. The number of amides is 1. The molecule has 0 aromatic heterocycles. The van der Waals surface area contributed by atoms with Gasteiger partial charge in [0.05, 0.1) is 0 Å². The molecule has 1 amide bonds. The lowest BCUT2D eigenvalue weighted by Crippen LogP contribution is -2.29. The Morgan fingerprint density at radius 1 is 1.44 bits per heavy atom. The van der Waals surface area contributed by atoms with E-state index in [2.05, 4.69) is 39.0 Å². The van der Waals surface area contributed by atoms with E-state index in [-0.39, 0.29) is 5.91 Å². The van der Waals surface area contributed by atoms with Crippen molar-refractivity contribution in [2.45, 2.75) is 38.9 Å². The van der Waals surface area contributed by atoms with E-state index < -0.39 is 0 Å². The summed E-state index contributed by atoms with van der Waals surface area (Å²) in [7, 11) is 0. The van der Waals surface area contributed by atoms with E-state index >= 15 is 0 Å². The van der Waals surface area contributed by atoms with Gasteiger partial charge in [0.25, 0.3) is 0 Å². The molecule has 0 bridgehead atoms. The number of hydrogen-bond donors (Lipinski definition) is 0. The largest absolute Gasteiger partial charge is 0.312 e. The van der Waals surface area contributed by atoms with E-state index in [9.17, 15) is 4.79 Å². The van der Waals surface area contributed by atoms with Gasteiger partial charge < -0.3 is 4.90 Å². The van der Waals surface area contributed by atoms with E-state index in [0.29, 0.717) is 11.7 Å². The van der Waals surface area contributed by atoms with Crippen LogP contribution >= 0.6 is 11.8 Å². The Kier molecular flexibility index (Phi) is 4.33. The molecular weight excluding hydrogens is 242 g/mol. The summed E-state index contributed by atoms with van der Waals surface area (Å²) in [5, 5.41) is 0.603. The van der Waals surface area contributed by atoms with Crippen LogP contribution in [0, 0.1) is 6.92 Å². The zero-order valence-corrected chi connectivity index (χ0v) is 12.2. The first-order chi connectivity index (χ1) is 8.58. The molecule has 0 saturated carbocycles. The van der Waals surface area contributed by atoms with Crippen LogP contribution < -0.4 is 4.90 Å². The van der Waals surface area contributed by atoms with Crippen LogP contribution in [0.25, 0.3) is 0 Å². The van der Waals surface area contributed by atoms with E-state index in [1.807, 2.05) is 16.7 Å². The second-order valence-electron chi connectivity index (χ2n) is 5.10. The monoisotopic (exact) mass is 263 g/mol. The molecule has 1 aromatic rings. The van der Waals surface area contributed by atoms with Crippen LogP contribution in [0.4, 0.5) is 5.69 Å². The summed E-state index contributed by atoms with van der Waals surface area (Å²) in [4.78, 5) is 14.1. The normalized spacial score (nSPS) is 14.1. The third-order valence-corrected chi connectivity index (χ3v) is 4.31. The van der Waals surface area contributed by atoms with Crippen LogP contribution in [-0.4, -0.2) is 23.5 Å². The summed E-state index contributed by atoms with van der Waals surface area (Å²) < 4.78 is 0. The maximum atomic E-state index is 12.2. The van der Waals surface area contributed by atoms with Gasteiger partial charge in [-0.25, -0.2) is 0 Å². The average molecular weight is 263 g/mol. The number of nitrogens with zero attached hydrogens (tertiary/aromatic N) is 1. The van der Waals surface area contributed by atoms with Crippen molar-refractivity contribution in [2.24, 2.45) is 0 Å². The van der Waals surface area contributed by atoms with Crippen LogP contribution in [0.3, 0.4) is 0 Å². The molecule has 0 fully saturated rings. The minimum atomic E-state index is 0.269. The number of aryl methyl sites for hydroxylation is 1. The maximum absolute atomic E-state index is 12.2. The number of carbonyl (C=O) groups is 1. The van der Waals surface area contributed by atoms with Gasteiger partial charge in [0, 0.05) is 24.4 Å². The smallest absolute Gasteiger partial charge is 0.227 e. The van der Waals surface area contributed by atoms with Crippen molar-refractivity contribution in [1.29, 1.82) is 0 Å². The molecule has 98 valence electrons. The second kappa shape index (κ2) is 5.79. The Hall–Kier alpha value is -0.960. The average Bonchev–Trinajstić information content (AvgIpc) is 2.71. The fourth-order valence-corrected chi connectivity index (χ4v) is 3.07. The first-order valence-corrected chi connectivity index (χ1v) is 7.64. The molecule has 1 heterocycles. The molecule has 0 atom stereocenters. The highest BCUT2D eigenvalue weighted by molar-refractivity contribution is 7.99. The first kappa shape index (κ1) is 13.5. The standard InChI is InChI=1S/C15H21NOS/c1-11(2)18-9-7-15(17)16-8-6-13-10-12(3)4-5-14(13)16/h4-5,10-11H,6-9H2,1-3H3. The zero-order valence-electron chi connectivity index (χ0n) is 11.4. The molecule has 0 saturated heterocycles. The topological polar surface area (TPSA) is 20.3 Å². The number of fused-ring (bicyclic) bond motifs is 1. The molecule has 1 aliphatic heterocycles. The van der Waals surface area contributed by atoms with Gasteiger partial charge in [0.1, 0.15) is 0 Å². The van der Waals surface area contributed by atoms with Crippen molar-refractivity contribution < 1.29 is 4.79 Å². The number of benzene rings is 1. The molecular formula is C15H21NOS. The Labute approximate surface area is 114 Å². The van der Waals surface area contributed by atoms with Crippen LogP contribution in [0.15, 0.2) is 18.2 Å². The Morgan fingerprint density at radius 3 is 2.94 bits per heavy atom. The summed E-state index contributed by atoms with van der Waals surface area (Å²) >= 11 is 1.85. The predicted molar refractivity (Wildman–Crippen MR) is 79.4 cm³/mol. The summed E-state index contributed by atoms with van der Waals surface area (Å²) in [6, 6.07) is 6.38. The van der Waals surface area contributed by atoms with E-state index in [0.717, 1.165) is 24.4 Å². The SMILES string of the molecule is Cc1ccc2c(c1)CCN2C(=O)CCSC(C)C. The van der Waals surface area contributed by atoms with Crippen molar-refractivity contribution in [2.75, 3.05) is 17.2 Å². The summed E-state index contributed by atoms with van der Waals surface area (Å²) in [5.41, 5.74) is 3.72. The minimum Gasteiger partial charge on any atom is -0.312 e. The Balaban J connectivity index is 1.98. The number of hydrogen-bond acceptors (Lipinski definition) is 2. The van der Waals surface area contributed by atoms with Gasteiger partial charge in [-0.2, -0.15) is 11.8 Å². The fraction of sp³-hybridized carbons (Fsp3) is 0.533. The van der Waals surface area contributed by atoms with Crippen molar-refractivity contribution in [1.82, 2.24) is 0 Å². The summed E-state index contributed by atoms with van der Waals surface area (Å²) in [5.74, 6) is 1.19. The number of anilines is 1. The predicted octanol–water partition coefficient (Wildman–Crippen LogP) is 3.42. The lowest BCUT2D eigenvalue weighted by atomic mass is 10.1. The van der Waals surface area contributed by atoms with Gasteiger partial charge in [-0.05, 0) is 30.2 Å². The van der Waals surface area contributed by atoms with Crippen molar-refractivity contribution in [3.63, 3.8) is 0 Å². The highest BCUT2D eigenvalue weighted by Crippen LogP contribution is 2.29. The van der Waals surface area contributed by atoms with Gasteiger partial charge >= 0.3 is 0 Å². The number of thioether (sulfide) groups is 1. The quantitative estimate of drug-likeness (QED) is 0.829. The Morgan fingerprint density at radius 2 is 2.22 bits per heavy atom. The Bertz CT molecular complexity index is 442. The zero-order chi connectivity index (χ0) is 13.1. The van der Waals surface area contributed by atoms with Crippen LogP contribution in [0.2, 0.25) is 0 Å². The van der Waals surface area contributed by atoms with Gasteiger partial charge in [-0.3, -0.25) is 4.79 Å². The highest BCUT2D eigenvalue weighted by Gasteiger charge is 2.23. The van der Waals surface area contributed by atoms with Gasteiger partial charge in [-0.1, -0.05) is 31.5 Å². The first-order valence-electron chi connectivity index (χ1n) is 6.59. The molecule has 0 spiro atoms. The summed E-state index contributed by atoms with van der Waals surface area (Å²) in [6.45, 7) is 7.29. The molecule has 0 unspecified atom stereocenters. The van der Waals surface area contributed by atoms with Crippen LogP contribution in [0.5, 0.6) is 0 Å². The van der Waals surface area contributed by atoms with Crippen LogP contribution in [-0.2, 0) is 11.2 Å². The third-order valence-electron chi connectivity index (χ3n) is 3.20. The molecule has 0 N–H and O–H groups in total. The van der Waals surface area contributed by atoms with Crippen molar-refractivity contribution >= 4 is 23.4 Å². The van der Waals surface area contributed by atoms with Crippen molar-refractivity contribution in [3.8, 4) is 0 Å².